The number of methoxy groups -OCH3 is 1. The molecule has 1 aromatic rings. The van der Waals surface area contributed by atoms with E-state index in [-0.39, 0.29) is 18.4 Å². The Bertz CT molecular complexity index is 437. The lowest BCUT2D eigenvalue weighted by Crippen LogP contribution is -2.42. The Morgan fingerprint density at radius 1 is 1.24 bits per heavy atom. The predicted molar refractivity (Wildman–Crippen MR) is 80.4 cm³/mol. The van der Waals surface area contributed by atoms with Gasteiger partial charge in [0.1, 0.15) is 6.10 Å². The number of nitrogens with one attached hydrogen (secondary N) is 2. The zero-order valence-corrected chi connectivity index (χ0v) is 12.3. The molecule has 0 saturated heterocycles. The van der Waals surface area contributed by atoms with Crippen LogP contribution in [0.15, 0.2) is 30.3 Å². The zero-order valence-electron chi connectivity index (χ0n) is 12.3. The highest BCUT2D eigenvalue weighted by Gasteiger charge is 2.17. The molecule has 1 atom stereocenters. The van der Waals surface area contributed by atoms with Gasteiger partial charge >= 0.3 is 0 Å². The topological polar surface area (TPSA) is 93.4 Å². The van der Waals surface area contributed by atoms with E-state index in [1.165, 1.54) is 7.11 Å². The lowest BCUT2D eigenvalue weighted by molar-refractivity contribution is -0.133. The molecular weight excluding hydrogens is 270 g/mol. The molecule has 0 radical (unpaired) electrons. The summed E-state index contributed by atoms with van der Waals surface area (Å²) in [6.07, 6.45) is 0.687. The van der Waals surface area contributed by atoms with Crippen LogP contribution in [0.5, 0.6) is 0 Å². The second-order valence-corrected chi connectivity index (χ2v) is 4.64. The van der Waals surface area contributed by atoms with Crippen molar-refractivity contribution in [3.05, 3.63) is 35.9 Å². The van der Waals surface area contributed by atoms with Crippen molar-refractivity contribution >= 4 is 11.8 Å². The number of ether oxygens (including phenoxy) is 1. The van der Waals surface area contributed by atoms with Gasteiger partial charge in [-0.05, 0) is 24.9 Å². The molecule has 6 heteroatoms. The maximum absolute atomic E-state index is 11.8. The van der Waals surface area contributed by atoms with E-state index in [2.05, 4.69) is 10.6 Å². The molecule has 0 saturated carbocycles. The normalized spacial score (nSPS) is 11.7. The van der Waals surface area contributed by atoms with Crippen LogP contribution >= 0.6 is 0 Å². The summed E-state index contributed by atoms with van der Waals surface area (Å²) in [5.41, 5.74) is 6.41. The average Bonchev–Trinajstić information content (AvgIpc) is 2.52. The van der Waals surface area contributed by atoms with Crippen LogP contribution in [0.3, 0.4) is 0 Å². The Balaban J connectivity index is 2.26. The lowest BCUT2D eigenvalue weighted by atomic mass is 10.2. The molecule has 0 aliphatic heterocycles. The molecule has 1 rings (SSSR count). The Labute approximate surface area is 125 Å². The molecule has 0 aliphatic carbocycles. The Morgan fingerprint density at radius 3 is 2.57 bits per heavy atom. The van der Waals surface area contributed by atoms with Gasteiger partial charge in [0, 0.05) is 13.7 Å². The van der Waals surface area contributed by atoms with E-state index in [0.29, 0.717) is 25.9 Å². The molecule has 1 unspecified atom stereocenters. The Hall–Kier alpha value is -1.92. The van der Waals surface area contributed by atoms with Gasteiger partial charge in [-0.15, -0.1) is 0 Å². The third-order valence-corrected chi connectivity index (χ3v) is 3.00. The molecule has 21 heavy (non-hydrogen) atoms. The summed E-state index contributed by atoms with van der Waals surface area (Å²) in [7, 11) is 1.47. The van der Waals surface area contributed by atoms with Gasteiger partial charge in [0.2, 0.25) is 11.8 Å². The smallest absolute Gasteiger partial charge is 0.249 e. The van der Waals surface area contributed by atoms with Crippen molar-refractivity contribution < 1.29 is 14.3 Å². The SMILES string of the molecule is COC(CCCN)C(=O)NCC(=O)NCc1ccccc1. The van der Waals surface area contributed by atoms with Crippen LogP contribution in [0.4, 0.5) is 0 Å². The van der Waals surface area contributed by atoms with E-state index in [1.54, 1.807) is 0 Å². The molecule has 2 amide bonds. The number of benzene rings is 1. The fourth-order valence-electron chi connectivity index (χ4n) is 1.80. The highest BCUT2D eigenvalue weighted by Crippen LogP contribution is 2.00. The summed E-state index contributed by atoms with van der Waals surface area (Å²) in [4.78, 5) is 23.5. The first kappa shape index (κ1) is 17.1. The largest absolute Gasteiger partial charge is 0.372 e. The van der Waals surface area contributed by atoms with Crippen molar-refractivity contribution in [3.8, 4) is 0 Å². The van der Waals surface area contributed by atoms with Gasteiger partial charge in [-0.25, -0.2) is 0 Å². The van der Waals surface area contributed by atoms with Crippen LogP contribution in [-0.4, -0.2) is 38.1 Å². The highest BCUT2D eigenvalue weighted by atomic mass is 16.5. The van der Waals surface area contributed by atoms with Gasteiger partial charge in [0.05, 0.1) is 6.54 Å². The van der Waals surface area contributed by atoms with Crippen molar-refractivity contribution in [1.29, 1.82) is 0 Å². The summed E-state index contributed by atoms with van der Waals surface area (Å²) in [5, 5.41) is 5.30. The van der Waals surface area contributed by atoms with E-state index < -0.39 is 6.10 Å². The maximum atomic E-state index is 11.8. The highest BCUT2D eigenvalue weighted by molar-refractivity contribution is 5.86. The Kier molecular flexibility index (Phi) is 8.08. The lowest BCUT2D eigenvalue weighted by Gasteiger charge is -2.14. The van der Waals surface area contributed by atoms with Gasteiger partial charge in [-0.1, -0.05) is 30.3 Å². The Morgan fingerprint density at radius 2 is 1.95 bits per heavy atom. The number of nitrogens with two attached hydrogens (primary N) is 1. The minimum Gasteiger partial charge on any atom is -0.372 e. The average molecular weight is 293 g/mol. The van der Waals surface area contributed by atoms with Gasteiger partial charge in [-0.3, -0.25) is 9.59 Å². The summed E-state index contributed by atoms with van der Waals surface area (Å²) in [6.45, 7) is 0.884. The van der Waals surface area contributed by atoms with Crippen molar-refractivity contribution in [2.24, 2.45) is 5.73 Å². The molecule has 0 fully saturated rings. The van der Waals surface area contributed by atoms with Crippen molar-refractivity contribution in [1.82, 2.24) is 10.6 Å². The number of hydrogen-bond acceptors (Lipinski definition) is 4. The van der Waals surface area contributed by atoms with Gasteiger partial charge in [0.15, 0.2) is 0 Å². The number of carbonyl (C=O) groups excluding carboxylic acids is 2. The van der Waals surface area contributed by atoms with E-state index in [4.69, 9.17) is 10.5 Å². The number of amides is 2. The van der Waals surface area contributed by atoms with Gasteiger partial charge in [-0.2, -0.15) is 0 Å². The quantitative estimate of drug-likeness (QED) is 0.605. The van der Waals surface area contributed by atoms with Crippen LogP contribution in [0, 0.1) is 0 Å². The minimum absolute atomic E-state index is 0.0614. The molecule has 4 N–H and O–H groups in total. The fourth-order valence-corrected chi connectivity index (χ4v) is 1.80. The first-order valence-electron chi connectivity index (χ1n) is 6.98. The monoisotopic (exact) mass is 293 g/mol. The van der Waals surface area contributed by atoms with E-state index in [0.717, 1.165) is 5.56 Å². The first-order chi connectivity index (χ1) is 10.2. The molecule has 0 spiro atoms. The van der Waals surface area contributed by atoms with Crippen LogP contribution in [0.2, 0.25) is 0 Å². The van der Waals surface area contributed by atoms with Gasteiger partial charge < -0.3 is 21.1 Å². The third kappa shape index (κ3) is 6.87. The summed E-state index contributed by atoms with van der Waals surface area (Å²) in [5.74, 6) is -0.526. The number of rotatable bonds is 9. The predicted octanol–water partition coefficient (Wildman–Crippen LogP) is 0.173. The second-order valence-electron chi connectivity index (χ2n) is 4.64. The third-order valence-electron chi connectivity index (χ3n) is 3.00. The molecule has 6 nitrogen and oxygen atoms in total. The van der Waals surface area contributed by atoms with E-state index >= 15 is 0 Å². The zero-order chi connectivity index (χ0) is 15.5. The van der Waals surface area contributed by atoms with Crippen molar-refractivity contribution in [2.75, 3.05) is 20.2 Å². The van der Waals surface area contributed by atoms with Crippen molar-refractivity contribution in [2.45, 2.75) is 25.5 Å². The maximum Gasteiger partial charge on any atom is 0.249 e. The number of carbonyl (C=O) groups is 2. The second kappa shape index (κ2) is 9.90. The summed E-state index contributed by atoms with van der Waals surface area (Å²) >= 11 is 0. The fraction of sp³-hybridized carbons (Fsp3) is 0.467. The van der Waals surface area contributed by atoms with E-state index in [9.17, 15) is 9.59 Å². The van der Waals surface area contributed by atoms with Crippen molar-refractivity contribution in [3.63, 3.8) is 0 Å². The van der Waals surface area contributed by atoms with Crippen LogP contribution in [0.25, 0.3) is 0 Å². The summed E-state index contributed by atoms with van der Waals surface area (Å²) < 4.78 is 5.08. The first-order valence-corrected chi connectivity index (χ1v) is 6.98. The van der Waals surface area contributed by atoms with E-state index in [1.807, 2.05) is 30.3 Å². The summed E-state index contributed by atoms with van der Waals surface area (Å²) in [6, 6.07) is 9.57. The molecule has 0 bridgehead atoms. The molecule has 0 heterocycles. The van der Waals surface area contributed by atoms with Crippen LogP contribution in [0.1, 0.15) is 18.4 Å². The standard InChI is InChI=1S/C15H23N3O3/c1-21-13(8-5-9-16)15(20)18-11-14(19)17-10-12-6-3-2-4-7-12/h2-4,6-7,13H,5,8-11,16H2,1H3,(H,17,19)(H,18,20). The molecular formula is C15H23N3O3. The number of hydrogen-bond donors (Lipinski definition) is 3. The van der Waals surface area contributed by atoms with Crippen LogP contribution in [-0.2, 0) is 20.9 Å². The molecule has 0 aliphatic rings. The molecule has 0 aromatic heterocycles. The van der Waals surface area contributed by atoms with Crippen LogP contribution < -0.4 is 16.4 Å². The minimum atomic E-state index is -0.560. The molecule has 1 aromatic carbocycles. The molecule has 116 valence electrons. The van der Waals surface area contributed by atoms with Gasteiger partial charge in [0.25, 0.3) is 0 Å².